The molecule has 1 aromatic heterocycles. The monoisotopic (exact) mass is 209 g/mol. The van der Waals surface area contributed by atoms with Crippen LogP contribution in [0.2, 0.25) is 0 Å². The quantitative estimate of drug-likeness (QED) is 0.528. The predicted octanol–water partition coefficient (Wildman–Crippen LogP) is 1.66. The number of pyridine rings is 1. The molecule has 4 heteroatoms. The molecule has 15 heavy (non-hydrogen) atoms. The summed E-state index contributed by atoms with van der Waals surface area (Å²) in [7, 11) is 0. The average Bonchev–Trinajstić information content (AvgIpc) is 2.29. The lowest BCUT2D eigenvalue weighted by Gasteiger charge is -2.15. The number of rotatable bonds is 6. The van der Waals surface area contributed by atoms with Gasteiger partial charge in [0.05, 0.1) is 0 Å². The number of carbonyl (C=O) groups is 1. The summed E-state index contributed by atoms with van der Waals surface area (Å²) < 4.78 is 10.4. The second-order valence-corrected chi connectivity index (χ2v) is 2.85. The Bertz CT molecular complexity index is 294. The van der Waals surface area contributed by atoms with Crippen molar-refractivity contribution in [3.8, 4) is 0 Å². The third kappa shape index (κ3) is 3.42. The van der Waals surface area contributed by atoms with E-state index in [1.54, 1.807) is 18.3 Å². The maximum absolute atomic E-state index is 11.8. The molecule has 0 fully saturated rings. The van der Waals surface area contributed by atoms with E-state index < -0.39 is 6.29 Å². The zero-order valence-electron chi connectivity index (χ0n) is 8.97. The molecule has 0 aliphatic carbocycles. The Labute approximate surface area is 89.2 Å². The zero-order chi connectivity index (χ0) is 11.1. The van der Waals surface area contributed by atoms with Crippen LogP contribution in [0.3, 0.4) is 0 Å². The highest BCUT2D eigenvalue weighted by molar-refractivity contribution is 5.98. The number of nitrogens with zero attached hydrogens (tertiary/aromatic N) is 1. The van der Waals surface area contributed by atoms with Crippen LogP contribution in [0.4, 0.5) is 0 Å². The van der Waals surface area contributed by atoms with E-state index >= 15 is 0 Å². The lowest BCUT2D eigenvalue weighted by Crippen LogP contribution is -2.27. The third-order valence-electron chi connectivity index (χ3n) is 1.80. The number of ether oxygens (including phenoxy) is 2. The van der Waals surface area contributed by atoms with Crippen LogP contribution in [0.1, 0.15) is 24.2 Å². The summed E-state index contributed by atoms with van der Waals surface area (Å²) in [4.78, 5) is 15.7. The normalized spacial score (nSPS) is 10.6. The summed E-state index contributed by atoms with van der Waals surface area (Å²) >= 11 is 0. The molecule has 0 atom stereocenters. The molecular weight excluding hydrogens is 194 g/mol. The number of aromatic nitrogens is 1. The van der Waals surface area contributed by atoms with Crippen LogP contribution in [-0.4, -0.2) is 30.3 Å². The van der Waals surface area contributed by atoms with Crippen LogP contribution >= 0.6 is 0 Å². The summed E-state index contributed by atoms with van der Waals surface area (Å²) in [5.74, 6) is -0.188. The topological polar surface area (TPSA) is 48.4 Å². The Morgan fingerprint density at radius 2 is 2.07 bits per heavy atom. The molecule has 0 spiro atoms. The Morgan fingerprint density at radius 3 is 2.53 bits per heavy atom. The fraction of sp³-hybridized carbons (Fsp3) is 0.455. The molecule has 0 amide bonds. The van der Waals surface area contributed by atoms with Crippen LogP contribution in [0.25, 0.3) is 0 Å². The van der Waals surface area contributed by atoms with Gasteiger partial charge in [-0.15, -0.1) is 0 Å². The van der Waals surface area contributed by atoms with Gasteiger partial charge in [0.1, 0.15) is 0 Å². The van der Waals surface area contributed by atoms with Crippen LogP contribution in [0.15, 0.2) is 24.5 Å². The van der Waals surface area contributed by atoms with Crippen molar-refractivity contribution < 1.29 is 14.3 Å². The van der Waals surface area contributed by atoms with Crippen molar-refractivity contribution in [3.05, 3.63) is 30.1 Å². The van der Waals surface area contributed by atoms with E-state index in [-0.39, 0.29) is 5.78 Å². The fourth-order valence-corrected chi connectivity index (χ4v) is 1.15. The highest BCUT2D eigenvalue weighted by Gasteiger charge is 2.20. The average molecular weight is 209 g/mol. The molecule has 0 bridgehead atoms. The summed E-state index contributed by atoms with van der Waals surface area (Å²) in [6.07, 6.45) is 2.31. The Kier molecular flexibility index (Phi) is 4.93. The highest BCUT2D eigenvalue weighted by atomic mass is 16.7. The molecule has 0 radical (unpaired) electrons. The van der Waals surface area contributed by atoms with Gasteiger partial charge < -0.3 is 9.47 Å². The molecule has 0 saturated carbocycles. The second kappa shape index (κ2) is 6.27. The van der Waals surface area contributed by atoms with Crippen LogP contribution in [0, 0.1) is 0 Å². The molecule has 4 nitrogen and oxygen atoms in total. The highest BCUT2D eigenvalue weighted by Crippen LogP contribution is 2.06. The summed E-state index contributed by atoms with van der Waals surface area (Å²) in [5, 5.41) is 0. The zero-order valence-corrected chi connectivity index (χ0v) is 8.97. The maximum Gasteiger partial charge on any atom is 0.222 e. The van der Waals surface area contributed by atoms with E-state index in [9.17, 15) is 4.79 Å². The molecule has 0 aromatic carbocycles. The lowest BCUT2D eigenvalue weighted by molar-refractivity contribution is -0.107. The van der Waals surface area contributed by atoms with Gasteiger partial charge in [0.15, 0.2) is 0 Å². The first kappa shape index (κ1) is 11.8. The van der Waals surface area contributed by atoms with Crippen LogP contribution in [0.5, 0.6) is 0 Å². The minimum atomic E-state index is -0.816. The van der Waals surface area contributed by atoms with E-state index in [0.29, 0.717) is 18.8 Å². The smallest absolute Gasteiger partial charge is 0.222 e. The van der Waals surface area contributed by atoms with E-state index in [2.05, 4.69) is 4.98 Å². The van der Waals surface area contributed by atoms with Crippen LogP contribution < -0.4 is 0 Å². The molecule has 1 heterocycles. The SMILES string of the molecule is CCOC(OCC)C(=O)c1cccnc1. The Morgan fingerprint density at radius 1 is 1.40 bits per heavy atom. The molecule has 1 aromatic rings. The van der Waals surface area contributed by atoms with Crippen molar-refractivity contribution in [2.45, 2.75) is 20.1 Å². The van der Waals surface area contributed by atoms with Gasteiger partial charge in [0.25, 0.3) is 0 Å². The first-order valence-corrected chi connectivity index (χ1v) is 4.97. The van der Waals surface area contributed by atoms with Gasteiger partial charge in [-0.25, -0.2) is 0 Å². The van der Waals surface area contributed by atoms with E-state index in [1.807, 2.05) is 13.8 Å². The summed E-state index contributed by atoms with van der Waals surface area (Å²) in [6, 6.07) is 3.41. The van der Waals surface area contributed by atoms with Crippen molar-refractivity contribution in [2.24, 2.45) is 0 Å². The van der Waals surface area contributed by atoms with E-state index in [4.69, 9.17) is 9.47 Å². The molecule has 0 aliphatic rings. The van der Waals surface area contributed by atoms with E-state index in [0.717, 1.165) is 0 Å². The molecule has 1 rings (SSSR count). The van der Waals surface area contributed by atoms with Crippen molar-refractivity contribution in [2.75, 3.05) is 13.2 Å². The van der Waals surface area contributed by atoms with Crippen molar-refractivity contribution in [3.63, 3.8) is 0 Å². The molecule has 0 N–H and O–H groups in total. The van der Waals surface area contributed by atoms with E-state index in [1.165, 1.54) is 6.20 Å². The van der Waals surface area contributed by atoms with Gasteiger partial charge in [0.2, 0.25) is 12.1 Å². The molecule has 0 aliphatic heterocycles. The van der Waals surface area contributed by atoms with Gasteiger partial charge in [-0.2, -0.15) is 0 Å². The summed E-state index contributed by atoms with van der Waals surface area (Å²) in [6.45, 7) is 4.53. The van der Waals surface area contributed by atoms with Gasteiger partial charge in [-0.05, 0) is 26.0 Å². The first-order valence-electron chi connectivity index (χ1n) is 4.97. The number of Topliss-reactive ketones (excluding diaryl/α,β-unsaturated/α-hetero) is 1. The maximum atomic E-state index is 11.8. The molecule has 82 valence electrons. The number of hydrogen-bond acceptors (Lipinski definition) is 4. The minimum absolute atomic E-state index is 0.188. The second-order valence-electron chi connectivity index (χ2n) is 2.85. The summed E-state index contributed by atoms with van der Waals surface area (Å²) in [5.41, 5.74) is 0.504. The lowest BCUT2D eigenvalue weighted by atomic mass is 10.2. The largest absolute Gasteiger partial charge is 0.346 e. The first-order chi connectivity index (χ1) is 7.29. The number of carbonyl (C=O) groups excluding carboxylic acids is 1. The fourth-order valence-electron chi connectivity index (χ4n) is 1.15. The van der Waals surface area contributed by atoms with Gasteiger partial charge >= 0.3 is 0 Å². The molecular formula is C11H15NO3. The van der Waals surface area contributed by atoms with Crippen molar-refractivity contribution in [1.82, 2.24) is 4.98 Å². The van der Waals surface area contributed by atoms with Crippen molar-refractivity contribution in [1.29, 1.82) is 0 Å². The van der Waals surface area contributed by atoms with Gasteiger partial charge in [-0.1, -0.05) is 0 Å². The standard InChI is InChI=1S/C11H15NO3/c1-3-14-11(15-4-2)10(13)9-6-5-7-12-8-9/h5-8,11H,3-4H2,1-2H3. The Hall–Kier alpha value is -1.26. The minimum Gasteiger partial charge on any atom is -0.346 e. The third-order valence-corrected chi connectivity index (χ3v) is 1.80. The van der Waals surface area contributed by atoms with Crippen molar-refractivity contribution >= 4 is 5.78 Å². The molecule has 0 saturated heterocycles. The van der Waals surface area contributed by atoms with Gasteiger partial charge in [0, 0.05) is 31.2 Å². The number of hydrogen-bond donors (Lipinski definition) is 0. The molecule has 0 unspecified atom stereocenters. The Balaban J connectivity index is 2.71. The predicted molar refractivity (Wildman–Crippen MR) is 55.6 cm³/mol. The number of ketones is 1. The van der Waals surface area contributed by atoms with Gasteiger partial charge in [-0.3, -0.25) is 9.78 Å². The van der Waals surface area contributed by atoms with Crippen LogP contribution in [-0.2, 0) is 9.47 Å².